The van der Waals surface area contributed by atoms with Gasteiger partial charge in [0.2, 0.25) is 0 Å². The molecule has 4 nitrogen and oxygen atoms in total. The van der Waals surface area contributed by atoms with E-state index < -0.39 is 17.0 Å². The fourth-order valence-corrected chi connectivity index (χ4v) is 9.13. The van der Waals surface area contributed by atoms with Crippen LogP contribution in [-0.4, -0.2) is 40.4 Å². The van der Waals surface area contributed by atoms with Crippen LogP contribution in [-0.2, 0) is 9.47 Å². The van der Waals surface area contributed by atoms with Gasteiger partial charge in [-0.25, -0.2) is 0 Å². The molecule has 1 aromatic rings. The van der Waals surface area contributed by atoms with Crippen molar-refractivity contribution >= 4 is 6.08 Å². The topological polar surface area (TPSA) is 58.9 Å². The van der Waals surface area contributed by atoms with Crippen LogP contribution in [0.5, 0.6) is 0 Å². The van der Waals surface area contributed by atoms with Crippen LogP contribution < -0.4 is 0 Å². The fourth-order valence-electron chi connectivity index (χ4n) is 9.13. The molecule has 0 radical (unpaired) electrons. The van der Waals surface area contributed by atoms with Crippen LogP contribution in [0.4, 0.5) is 0 Å². The second kappa shape index (κ2) is 8.52. The molecule has 1 spiro atoms. The monoisotopic (exact) mass is 506 g/mol. The minimum atomic E-state index is -0.882. The Morgan fingerprint density at radius 1 is 1.05 bits per heavy atom. The number of hydrogen-bond acceptors (Lipinski definition) is 4. The van der Waals surface area contributed by atoms with E-state index >= 15 is 0 Å². The van der Waals surface area contributed by atoms with Crippen molar-refractivity contribution in [3.8, 4) is 0 Å². The number of aliphatic hydroxyl groups is 2. The molecule has 6 rings (SSSR count). The van der Waals surface area contributed by atoms with Crippen molar-refractivity contribution in [2.24, 2.45) is 22.7 Å². The van der Waals surface area contributed by atoms with E-state index in [1.807, 2.05) is 6.08 Å². The van der Waals surface area contributed by atoms with Crippen LogP contribution in [0.25, 0.3) is 6.08 Å². The quantitative estimate of drug-likeness (QED) is 0.445. The van der Waals surface area contributed by atoms with Gasteiger partial charge in [-0.05, 0) is 73.5 Å². The van der Waals surface area contributed by atoms with Gasteiger partial charge in [0, 0.05) is 29.6 Å². The van der Waals surface area contributed by atoms with Crippen LogP contribution in [0.2, 0.25) is 0 Å². The minimum Gasteiger partial charge on any atom is -0.389 e. The molecule has 1 saturated heterocycles. The zero-order valence-corrected chi connectivity index (χ0v) is 23.3. The van der Waals surface area contributed by atoms with Crippen LogP contribution >= 0.6 is 0 Å². The number of rotatable bonds is 3. The Bertz CT molecular complexity index is 1110. The molecule has 37 heavy (non-hydrogen) atoms. The lowest BCUT2D eigenvalue weighted by molar-refractivity contribution is -0.322. The largest absolute Gasteiger partial charge is 0.389 e. The van der Waals surface area contributed by atoms with Gasteiger partial charge in [0.05, 0.1) is 24.4 Å². The number of benzene rings is 1. The highest BCUT2D eigenvalue weighted by Crippen LogP contribution is 2.68. The van der Waals surface area contributed by atoms with Crippen LogP contribution in [0.15, 0.2) is 42.0 Å². The molecule has 4 heteroatoms. The van der Waals surface area contributed by atoms with E-state index in [0.717, 1.165) is 56.9 Å². The van der Waals surface area contributed by atoms with Gasteiger partial charge in [-0.3, -0.25) is 0 Å². The molecule has 1 aromatic carbocycles. The molecule has 5 aliphatic rings. The van der Waals surface area contributed by atoms with Gasteiger partial charge in [-0.2, -0.15) is 0 Å². The Morgan fingerprint density at radius 3 is 2.51 bits per heavy atom. The van der Waals surface area contributed by atoms with E-state index in [2.05, 4.69) is 58.5 Å². The summed E-state index contributed by atoms with van der Waals surface area (Å²) in [5.41, 5.74) is 3.54. The molecule has 0 amide bonds. The SMILES string of the molecule is C=Cc1cccc([C@H]2C[C@@]3(C)C(CCC3(O)CC)C3CC[C@@]4(O)CC5(CCC4=C32)OCC(C)(C)CO5)c1. The number of ether oxygens (including phenoxy) is 2. The summed E-state index contributed by atoms with van der Waals surface area (Å²) in [5.74, 6) is 0.402. The molecular weight excluding hydrogens is 460 g/mol. The van der Waals surface area contributed by atoms with Gasteiger partial charge in [0.1, 0.15) is 0 Å². The lowest BCUT2D eigenvalue weighted by Gasteiger charge is -2.58. The van der Waals surface area contributed by atoms with E-state index in [1.54, 1.807) is 0 Å². The fraction of sp³-hybridized carbons (Fsp3) is 0.697. The summed E-state index contributed by atoms with van der Waals surface area (Å²) in [4.78, 5) is 0. The van der Waals surface area contributed by atoms with Gasteiger partial charge in [0.15, 0.2) is 5.79 Å². The number of hydrogen-bond donors (Lipinski definition) is 2. The van der Waals surface area contributed by atoms with Crippen molar-refractivity contribution in [2.75, 3.05) is 13.2 Å². The summed E-state index contributed by atoms with van der Waals surface area (Å²) >= 11 is 0. The highest BCUT2D eigenvalue weighted by atomic mass is 16.7. The Kier molecular flexibility index (Phi) is 5.94. The first-order valence-corrected chi connectivity index (χ1v) is 14.7. The van der Waals surface area contributed by atoms with Crippen molar-refractivity contribution in [1.29, 1.82) is 0 Å². The molecule has 2 N–H and O–H groups in total. The zero-order valence-electron chi connectivity index (χ0n) is 23.3. The van der Waals surface area contributed by atoms with Gasteiger partial charge in [-0.1, -0.05) is 70.2 Å². The van der Waals surface area contributed by atoms with Crippen molar-refractivity contribution in [3.63, 3.8) is 0 Å². The van der Waals surface area contributed by atoms with Gasteiger partial charge in [0.25, 0.3) is 0 Å². The Hall–Kier alpha value is -1.46. The summed E-state index contributed by atoms with van der Waals surface area (Å²) in [7, 11) is 0. The normalized spacial score (nSPS) is 42.2. The average Bonchev–Trinajstić information content (AvgIpc) is 3.15. The molecule has 0 bridgehead atoms. The van der Waals surface area contributed by atoms with Crippen molar-refractivity contribution in [1.82, 2.24) is 0 Å². The first-order chi connectivity index (χ1) is 17.5. The smallest absolute Gasteiger partial charge is 0.171 e. The predicted molar refractivity (Wildman–Crippen MR) is 147 cm³/mol. The third kappa shape index (κ3) is 3.84. The highest BCUT2D eigenvalue weighted by Gasteiger charge is 2.64. The molecular formula is C33H46O4. The molecule has 4 fully saturated rings. The Balaban J connectivity index is 1.45. The average molecular weight is 507 g/mol. The molecule has 1 heterocycles. The lowest BCUT2D eigenvalue weighted by Crippen LogP contribution is -2.58. The third-order valence-electron chi connectivity index (χ3n) is 11.3. The second-order valence-electron chi connectivity index (χ2n) is 14.0. The molecule has 4 aliphatic carbocycles. The Morgan fingerprint density at radius 2 is 1.81 bits per heavy atom. The van der Waals surface area contributed by atoms with E-state index in [4.69, 9.17) is 9.47 Å². The summed E-state index contributed by atoms with van der Waals surface area (Å²) in [6, 6.07) is 8.77. The van der Waals surface area contributed by atoms with Crippen LogP contribution in [0, 0.1) is 22.7 Å². The van der Waals surface area contributed by atoms with Crippen molar-refractivity contribution in [2.45, 2.75) is 108 Å². The molecule has 202 valence electrons. The van der Waals surface area contributed by atoms with Crippen molar-refractivity contribution < 1.29 is 19.7 Å². The van der Waals surface area contributed by atoms with Crippen LogP contribution in [0.1, 0.15) is 103 Å². The second-order valence-corrected chi connectivity index (χ2v) is 14.0. The van der Waals surface area contributed by atoms with Crippen molar-refractivity contribution in [3.05, 3.63) is 53.1 Å². The maximum atomic E-state index is 12.3. The first kappa shape index (κ1) is 25.8. The summed E-state index contributed by atoms with van der Waals surface area (Å²) in [6.45, 7) is 14.2. The van der Waals surface area contributed by atoms with Gasteiger partial charge in [-0.15, -0.1) is 0 Å². The molecule has 6 atom stereocenters. The minimum absolute atomic E-state index is 0.0118. The summed E-state index contributed by atoms with van der Waals surface area (Å²) in [6.07, 6.45) is 9.49. The number of allylic oxidation sites excluding steroid dienone is 1. The molecule has 0 aromatic heterocycles. The van der Waals surface area contributed by atoms with Gasteiger partial charge >= 0.3 is 0 Å². The van der Waals surface area contributed by atoms with E-state index in [9.17, 15) is 10.2 Å². The molecule has 3 saturated carbocycles. The number of fused-ring (bicyclic) bond motifs is 4. The lowest BCUT2D eigenvalue weighted by atomic mass is 9.49. The summed E-state index contributed by atoms with van der Waals surface area (Å²) < 4.78 is 12.8. The first-order valence-electron chi connectivity index (χ1n) is 14.7. The van der Waals surface area contributed by atoms with E-state index in [1.165, 1.54) is 16.7 Å². The maximum absolute atomic E-state index is 12.3. The van der Waals surface area contributed by atoms with Crippen LogP contribution in [0.3, 0.4) is 0 Å². The molecule has 1 aliphatic heterocycles. The highest BCUT2D eigenvalue weighted by molar-refractivity contribution is 5.51. The zero-order chi connectivity index (χ0) is 26.3. The standard InChI is InChI=1S/C33H46O4/c1-6-22-9-8-10-23(17-22)25-18-30(5)26(12-15-32(30,35)7-2)24-11-14-31(34)19-33(16-13-27(31)28(24)25)36-20-29(3,4)21-37-33/h6,8-10,17,24-26,34-35H,1,7,11-16,18-21H2,2-5H3/t24?,25-,26?,30+,31-,32?/m1/s1. The maximum Gasteiger partial charge on any atom is 0.171 e. The Labute approximate surface area is 223 Å². The van der Waals surface area contributed by atoms with E-state index in [-0.39, 0.29) is 16.7 Å². The third-order valence-corrected chi connectivity index (χ3v) is 11.3. The summed E-state index contributed by atoms with van der Waals surface area (Å²) in [5, 5.41) is 24.2. The van der Waals surface area contributed by atoms with Gasteiger partial charge < -0.3 is 19.7 Å². The molecule has 3 unspecified atom stereocenters. The van der Waals surface area contributed by atoms with E-state index in [0.29, 0.717) is 31.5 Å². The predicted octanol–water partition coefficient (Wildman–Crippen LogP) is 6.77.